The molecule has 0 atom stereocenters. The van der Waals surface area contributed by atoms with Crippen molar-refractivity contribution in [2.75, 3.05) is 13.7 Å². The maximum atomic E-state index is 5.42. The van der Waals surface area contributed by atoms with Gasteiger partial charge >= 0.3 is 0 Å². The molecule has 0 saturated carbocycles. The van der Waals surface area contributed by atoms with E-state index in [4.69, 9.17) is 9.72 Å². The van der Waals surface area contributed by atoms with Gasteiger partial charge in [-0.25, -0.2) is 4.98 Å². The summed E-state index contributed by atoms with van der Waals surface area (Å²) in [4.78, 5) is 4.69. The van der Waals surface area contributed by atoms with Crippen LogP contribution in [-0.2, 0) is 13.1 Å². The minimum absolute atomic E-state index is 0.841. The van der Waals surface area contributed by atoms with Gasteiger partial charge in [0.15, 0.2) is 0 Å². The van der Waals surface area contributed by atoms with Crippen LogP contribution in [0.1, 0.15) is 11.4 Å². The monoisotopic (exact) mass is 243 g/mol. The number of imidazole rings is 1. The first-order valence-electron chi connectivity index (χ1n) is 6.19. The lowest BCUT2D eigenvalue weighted by atomic mass is 10.1. The maximum Gasteiger partial charge on any atom is 0.128 e. The Morgan fingerprint density at radius 1 is 1.39 bits per heavy atom. The van der Waals surface area contributed by atoms with Crippen LogP contribution in [0, 0.1) is 6.92 Å². The highest BCUT2D eigenvalue weighted by Crippen LogP contribution is 2.30. The lowest BCUT2D eigenvalue weighted by molar-refractivity contribution is 0.416. The Balaban J connectivity index is 2.08. The van der Waals surface area contributed by atoms with Gasteiger partial charge in [-0.1, -0.05) is 11.6 Å². The summed E-state index contributed by atoms with van der Waals surface area (Å²) in [7, 11) is 1.70. The standard InChI is InChI=1S/C14H17N3O/c1-10-3-4-13(18-2)11(7-10)12-9-17-6-5-15-8-14(17)16-12/h3-4,7,9,15H,5-6,8H2,1-2H3. The highest BCUT2D eigenvalue weighted by atomic mass is 16.5. The van der Waals surface area contributed by atoms with Gasteiger partial charge < -0.3 is 14.6 Å². The number of fused-ring (bicyclic) bond motifs is 1. The maximum absolute atomic E-state index is 5.42. The fourth-order valence-electron chi connectivity index (χ4n) is 2.34. The fourth-order valence-corrected chi connectivity index (χ4v) is 2.34. The first-order valence-corrected chi connectivity index (χ1v) is 6.19. The molecule has 0 saturated heterocycles. The Morgan fingerprint density at radius 2 is 2.28 bits per heavy atom. The summed E-state index contributed by atoms with van der Waals surface area (Å²) in [6.45, 7) is 4.92. The van der Waals surface area contributed by atoms with Crippen molar-refractivity contribution >= 4 is 0 Å². The first-order chi connectivity index (χ1) is 8.78. The average Bonchev–Trinajstić information content (AvgIpc) is 2.82. The van der Waals surface area contributed by atoms with Crippen LogP contribution in [0.4, 0.5) is 0 Å². The van der Waals surface area contributed by atoms with Gasteiger partial charge in [-0.15, -0.1) is 0 Å². The summed E-state index contributed by atoms with van der Waals surface area (Å²) < 4.78 is 7.64. The van der Waals surface area contributed by atoms with Crippen LogP contribution in [0.3, 0.4) is 0 Å². The molecule has 0 aliphatic carbocycles. The third kappa shape index (κ3) is 1.88. The molecule has 1 aliphatic heterocycles. The Bertz CT molecular complexity index is 551. The number of rotatable bonds is 2. The molecule has 0 radical (unpaired) electrons. The summed E-state index contributed by atoms with van der Waals surface area (Å²) in [6, 6.07) is 6.18. The molecule has 0 spiro atoms. The molecule has 0 amide bonds. The molecule has 4 nitrogen and oxygen atoms in total. The molecule has 18 heavy (non-hydrogen) atoms. The van der Waals surface area contributed by atoms with Crippen LogP contribution >= 0.6 is 0 Å². The van der Waals surface area contributed by atoms with Gasteiger partial charge in [0.2, 0.25) is 0 Å². The quantitative estimate of drug-likeness (QED) is 0.876. The molecule has 1 aromatic carbocycles. The van der Waals surface area contributed by atoms with Gasteiger partial charge in [-0.05, 0) is 19.1 Å². The predicted molar refractivity (Wildman–Crippen MR) is 70.7 cm³/mol. The van der Waals surface area contributed by atoms with Gasteiger partial charge in [-0.2, -0.15) is 0 Å². The molecule has 1 aromatic heterocycles. The van der Waals surface area contributed by atoms with Crippen LogP contribution in [0.25, 0.3) is 11.3 Å². The number of aromatic nitrogens is 2. The highest BCUT2D eigenvalue weighted by Gasteiger charge is 2.15. The molecular weight excluding hydrogens is 226 g/mol. The van der Waals surface area contributed by atoms with Gasteiger partial charge in [0.05, 0.1) is 19.3 Å². The van der Waals surface area contributed by atoms with E-state index in [1.54, 1.807) is 7.11 Å². The Kier molecular flexibility index (Phi) is 2.80. The second-order valence-corrected chi connectivity index (χ2v) is 4.62. The van der Waals surface area contributed by atoms with E-state index >= 15 is 0 Å². The molecule has 1 aliphatic rings. The summed E-state index contributed by atoms with van der Waals surface area (Å²) in [6.07, 6.45) is 2.12. The number of methoxy groups -OCH3 is 1. The van der Waals surface area contributed by atoms with Crippen molar-refractivity contribution in [3.8, 4) is 17.0 Å². The highest BCUT2D eigenvalue weighted by molar-refractivity contribution is 5.67. The van der Waals surface area contributed by atoms with E-state index in [9.17, 15) is 0 Å². The normalized spacial score (nSPS) is 14.3. The van der Waals surface area contributed by atoms with Crippen LogP contribution < -0.4 is 10.1 Å². The van der Waals surface area contributed by atoms with Gasteiger partial charge in [0, 0.05) is 24.8 Å². The number of hydrogen-bond donors (Lipinski definition) is 1. The lowest BCUT2D eigenvalue weighted by Gasteiger charge is -2.13. The number of nitrogens with one attached hydrogen (secondary N) is 1. The van der Waals surface area contributed by atoms with Crippen LogP contribution in [-0.4, -0.2) is 23.2 Å². The second kappa shape index (κ2) is 4.46. The van der Waals surface area contributed by atoms with Crippen molar-refractivity contribution in [2.24, 2.45) is 0 Å². The number of benzene rings is 1. The van der Waals surface area contributed by atoms with Crippen molar-refractivity contribution < 1.29 is 4.74 Å². The largest absolute Gasteiger partial charge is 0.496 e. The van der Waals surface area contributed by atoms with Crippen molar-refractivity contribution in [1.82, 2.24) is 14.9 Å². The molecule has 1 N–H and O–H groups in total. The van der Waals surface area contributed by atoms with Crippen molar-refractivity contribution in [2.45, 2.75) is 20.0 Å². The molecule has 2 heterocycles. The van der Waals surface area contributed by atoms with E-state index in [0.29, 0.717) is 0 Å². The topological polar surface area (TPSA) is 39.1 Å². The third-order valence-corrected chi connectivity index (χ3v) is 3.30. The summed E-state index contributed by atoms with van der Waals surface area (Å²) in [5.41, 5.74) is 3.28. The summed E-state index contributed by atoms with van der Waals surface area (Å²) >= 11 is 0. The van der Waals surface area contributed by atoms with Crippen LogP contribution in [0.2, 0.25) is 0 Å². The Morgan fingerprint density at radius 3 is 3.06 bits per heavy atom. The van der Waals surface area contributed by atoms with E-state index in [1.807, 2.05) is 6.07 Å². The molecule has 0 bridgehead atoms. The van der Waals surface area contributed by atoms with E-state index in [2.05, 4.69) is 35.1 Å². The number of ether oxygens (including phenoxy) is 1. The van der Waals surface area contributed by atoms with Crippen LogP contribution in [0.5, 0.6) is 5.75 Å². The third-order valence-electron chi connectivity index (χ3n) is 3.30. The summed E-state index contributed by atoms with van der Waals surface area (Å²) in [5.74, 6) is 1.98. The molecule has 2 aromatic rings. The SMILES string of the molecule is COc1ccc(C)cc1-c1cn2c(n1)CNCC2. The molecule has 0 unspecified atom stereocenters. The van der Waals surface area contributed by atoms with Gasteiger partial charge in [0.25, 0.3) is 0 Å². The van der Waals surface area contributed by atoms with E-state index in [0.717, 1.165) is 42.5 Å². The first kappa shape index (κ1) is 11.3. The Hall–Kier alpha value is -1.81. The molecule has 4 heteroatoms. The zero-order chi connectivity index (χ0) is 12.5. The summed E-state index contributed by atoms with van der Waals surface area (Å²) in [5, 5.41) is 3.33. The minimum Gasteiger partial charge on any atom is -0.496 e. The number of nitrogens with zero attached hydrogens (tertiary/aromatic N) is 2. The smallest absolute Gasteiger partial charge is 0.128 e. The predicted octanol–water partition coefficient (Wildman–Crippen LogP) is 1.97. The lowest BCUT2D eigenvalue weighted by Crippen LogP contribution is -2.27. The van der Waals surface area contributed by atoms with Crippen molar-refractivity contribution in [3.05, 3.63) is 35.8 Å². The van der Waals surface area contributed by atoms with Crippen LogP contribution in [0.15, 0.2) is 24.4 Å². The molecule has 94 valence electrons. The van der Waals surface area contributed by atoms with E-state index in [-0.39, 0.29) is 0 Å². The van der Waals surface area contributed by atoms with E-state index in [1.165, 1.54) is 5.56 Å². The minimum atomic E-state index is 0.841. The number of aryl methyl sites for hydroxylation is 1. The zero-order valence-electron chi connectivity index (χ0n) is 10.7. The molecule has 3 rings (SSSR count). The number of hydrogen-bond acceptors (Lipinski definition) is 3. The van der Waals surface area contributed by atoms with Gasteiger partial charge in [-0.3, -0.25) is 0 Å². The average molecular weight is 243 g/mol. The van der Waals surface area contributed by atoms with Crippen molar-refractivity contribution in [3.63, 3.8) is 0 Å². The Labute approximate surface area is 107 Å². The zero-order valence-corrected chi connectivity index (χ0v) is 10.7. The fraction of sp³-hybridized carbons (Fsp3) is 0.357. The van der Waals surface area contributed by atoms with Gasteiger partial charge in [0.1, 0.15) is 11.6 Å². The van der Waals surface area contributed by atoms with E-state index < -0.39 is 0 Å². The second-order valence-electron chi connectivity index (χ2n) is 4.62. The van der Waals surface area contributed by atoms with Crippen molar-refractivity contribution in [1.29, 1.82) is 0 Å². The molecule has 0 fully saturated rings. The molecular formula is C14H17N3O.